The van der Waals surface area contributed by atoms with Gasteiger partial charge in [-0.25, -0.2) is 9.97 Å². The molecule has 19 heavy (non-hydrogen) atoms. The number of hydrogen-bond donors (Lipinski definition) is 1. The second-order valence-corrected chi connectivity index (χ2v) is 5.11. The Bertz CT molecular complexity index is 347. The van der Waals surface area contributed by atoms with Crippen molar-refractivity contribution in [3.8, 4) is 0 Å². The molecular weight excluding hydrogens is 240 g/mol. The lowest BCUT2D eigenvalue weighted by molar-refractivity contribution is 0.156. The topological polar surface area (TPSA) is 50.3 Å². The van der Waals surface area contributed by atoms with Crippen LogP contribution in [0.1, 0.15) is 18.7 Å². The summed E-state index contributed by atoms with van der Waals surface area (Å²) in [5, 5.41) is 3.46. The van der Waals surface area contributed by atoms with E-state index in [4.69, 9.17) is 4.74 Å². The van der Waals surface area contributed by atoms with Crippen LogP contribution < -0.4 is 5.32 Å². The van der Waals surface area contributed by atoms with Gasteiger partial charge in [-0.1, -0.05) is 0 Å². The fraction of sp³-hybridized carbons (Fsp3) is 0.714. The molecule has 106 valence electrons. The van der Waals surface area contributed by atoms with Crippen molar-refractivity contribution in [3.05, 3.63) is 24.3 Å². The molecule has 1 unspecified atom stereocenters. The third-order valence-corrected chi connectivity index (χ3v) is 3.50. The van der Waals surface area contributed by atoms with Gasteiger partial charge in [-0.05, 0) is 37.9 Å². The molecule has 0 saturated carbocycles. The van der Waals surface area contributed by atoms with E-state index in [9.17, 15) is 0 Å². The van der Waals surface area contributed by atoms with Crippen molar-refractivity contribution >= 4 is 0 Å². The molecule has 5 nitrogen and oxygen atoms in total. The standard InChI is InChI=1S/C14H24N4O/c1-19-9-7-15-10-13-4-2-8-18(11-13)12-14-16-5-3-6-17-14/h3,5-6,13,15H,2,4,7-12H2,1H3. The molecule has 1 fully saturated rings. The van der Waals surface area contributed by atoms with E-state index in [0.29, 0.717) is 0 Å². The summed E-state index contributed by atoms with van der Waals surface area (Å²) in [7, 11) is 1.74. The Balaban J connectivity index is 1.71. The van der Waals surface area contributed by atoms with Crippen molar-refractivity contribution in [2.45, 2.75) is 19.4 Å². The quantitative estimate of drug-likeness (QED) is 0.742. The zero-order valence-corrected chi connectivity index (χ0v) is 11.7. The average Bonchev–Trinajstić information content (AvgIpc) is 2.45. The molecule has 1 saturated heterocycles. The molecule has 1 aliphatic heterocycles. The molecule has 1 atom stereocenters. The van der Waals surface area contributed by atoms with E-state index < -0.39 is 0 Å². The summed E-state index contributed by atoms with van der Waals surface area (Å²) in [6, 6.07) is 1.86. The zero-order valence-electron chi connectivity index (χ0n) is 11.7. The van der Waals surface area contributed by atoms with Crippen molar-refractivity contribution in [1.29, 1.82) is 0 Å². The van der Waals surface area contributed by atoms with Gasteiger partial charge in [0.25, 0.3) is 0 Å². The monoisotopic (exact) mass is 264 g/mol. The summed E-state index contributed by atoms with van der Waals surface area (Å²) < 4.78 is 5.04. The van der Waals surface area contributed by atoms with Gasteiger partial charge in [0.05, 0.1) is 13.2 Å². The van der Waals surface area contributed by atoms with Crippen LogP contribution in [0, 0.1) is 5.92 Å². The largest absolute Gasteiger partial charge is 0.383 e. The second kappa shape index (κ2) is 8.19. The minimum Gasteiger partial charge on any atom is -0.383 e. The number of piperidine rings is 1. The third-order valence-electron chi connectivity index (χ3n) is 3.50. The first-order chi connectivity index (χ1) is 9.38. The molecule has 0 aliphatic carbocycles. The van der Waals surface area contributed by atoms with Crippen LogP contribution in [0.3, 0.4) is 0 Å². The first-order valence-corrected chi connectivity index (χ1v) is 7.06. The predicted octanol–water partition coefficient (Wildman–Crippen LogP) is 0.925. The van der Waals surface area contributed by atoms with Gasteiger partial charge in [0, 0.05) is 32.6 Å². The van der Waals surface area contributed by atoms with E-state index in [2.05, 4.69) is 20.2 Å². The maximum atomic E-state index is 5.04. The highest BCUT2D eigenvalue weighted by Crippen LogP contribution is 2.16. The number of methoxy groups -OCH3 is 1. The van der Waals surface area contributed by atoms with Crippen LogP contribution in [-0.2, 0) is 11.3 Å². The molecule has 0 amide bonds. The van der Waals surface area contributed by atoms with Gasteiger partial charge in [-0.2, -0.15) is 0 Å². The van der Waals surface area contributed by atoms with E-state index in [1.165, 1.54) is 12.8 Å². The molecule has 1 N–H and O–H groups in total. The molecule has 1 aromatic rings. The first kappa shape index (κ1) is 14.4. The minimum atomic E-state index is 0.731. The van der Waals surface area contributed by atoms with Gasteiger partial charge in [0.1, 0.15) is 5.82 Å². The van der Waals surface area contributed by atoms with E-state index in [1.54, 1.807) is 7.11 Å². The van der Waals surface area contributed by atoms with Gasteiger partial charge in [0.2, 0.25) is 0 Å². The smallest absolute Gasteiger partial charge is 0.142 e. The maximum Gasteiger partial charge on any atom is 0.142 e. The van der Waals surface area contributed by atoms with Gasteiger partial charge in [-0.15, -0.1) is 0 Å². The number of likely N-dealkylation sites (tertiary alicyclic amines) is 1. The zero-order chi connectivity index (χ0) is 13.3. The van der Waals surface area contributed by atoms with E-state index in [-0.39, 0.29) is 0 Å². The van der Waals surface area contributed by atoms with Gasteiger partial charge in [0.15, 0.2) is 0 Å². The minimum absolute atomic E-state index is 0.731. The molecule has 0 radical (unpaired) electrons. The lowest BCUT2D eigenvalue weighted by Gasteiger charge is -2.32. The SMILES string of the molecule is COCCNCC1CCCN(Cc2ncccn2)C1. The lowest BCUT2D eigenvalue weighted by atomic mass is 9.98. The Hall–Kier alpha value is -1.04. The van der Waals surface area contributed by atoms with E-state index >= 15 is 0 Å². The molecule has 0 spiro atoms. The highest BCUT2D eigenvalue weighted by Gasteiger charge is 2.20. The molecule has 2 rings (SSSR count). The van der Waals surface area contributed by atoms with Crippen molar-refractivity contribution in [2.75, 3.05) is 39.9 Å². The number of nitrogens with zero attached hydrogens (tertiary/aromatic N) is 3. The fourth-order valence-corrected chi connectivity index (χ4v) is 2.55. The summed E-state index contributed by atoms with van der Waals surface area (Å²) in [5.41, 5.74) is 0. The Kier molecular flexibility index (Phi) is 6.20. The number of nitrogens with one attached hydrogen (secondary N) is 1. The van der Waals surface area contributed by atoms with Crippen molar-refractivity contribution in [1.82, 2.24) is 20.2 Å². The summed E-state index contributed by atoms with van der Waals surface area (Å²) in [6.45, 7) is 5.97. The van der Waals surface area contributed by atoms with E-state index in [1.807, 2.05) is 18.5 Å². The van der Waals surface area contributed by atoms with E-state index in [0.717, 1.165) is 51.1 Å². The molecule has 0 bridgehead atoms. The number of hydrogen-bond acceptors (Lipinski definition) is 5. The molecule has 2 heterocycles. The highest BCUT2D eigenvalue weighted by molar-refractivity contribution is 4.89. The Morgan fingerprint density at radius 1 is 1.42 bits per heavy atom. The van der Waals surface area contributed by atoms with Gasteiger partial charge < -0.3 is 10.1 Å². The molecule has 0 aromatic carbocycles. The van der Waals surface area contributed by atoms with Crippen molar-refractivity contribution < 1.29 is 4.74 Å². The molecule has 1 aromatic heterocycles. The van der Waals surface area contributed by atoms with Crippen LogP contribution >= 0.6 is 0 Å². The van der Waals surface area contributed by atoms with Gasteiger partial charge >= 0.3 is 0 Å². The van der Waals surface area contributed by atoms with Crippen LogP contribution in [0.25, 0.3) is 0 Å². The van der Waals surface area contributed by atoms with Crippen LogP contribution in [-0.4, -0.2) is 54.8 Å². The summed E-state index contributed by atoms with van der Waals surface area (Å²) >= 11 is 0. The van der Waals surface area contributed by atoms with Crippen molar-refractivity contribution in [3.63, 3.8) is 0 Å². The van der Waals surface area contributed by atoms with Gasteiger partial charge in [-0.3, -0.25) is 4.90 Å². The maximum absolute atomic E-state index is 5.04. The normalized spacial score (nSPS) is 20.6. The molecule has 1 aliphatic rings. The predicted molar refractivity (Wildman–Crippen MR) is 74.8 cm³/mol. The summed E-state index contributed by atoms with van der Waals surface area (Å²) in [6.07, 6.45) is 6.21. The van der Waals surface area contributed by atoms with Crippen LogP contribution in [0.15, 0.2) is 18.5 Å². The lowest BCUT2D eigenvalue weighted by Crippen LogP contribution is -2.40. The number of ether oxygens (including phenoxy) is 1. The first-order valence-electron chi connectivity index (χ1n) is 7.06. The summed E-state index contributed by atoms with van der Waals surface area (Å²) in [5.74, 6) is 1.66. The Morgan fingerprint density at radius 2 is 2.26 bits per heavy atom. The number of aromatic nitrogens is 2. The average molecular weight is 264 g/mol. The fourth-order valence-electron chi connectivity index (χ4n) is 2.55. The van der Waals surface area contributed by atoms with Crippen LogP contribution in [0.2, 0.25) is 0 Å². The Morgan fingerprint density at radius 3 is 3.05 bits per heavy atom. The van der Waals surface area contributed by atoms with Crippen molar-refractivity contribution in [2.24, 2.45) is 5.92 Å². The summed E-state index contributed by atoms with van der Waals surface area (Å²) in [4.78, 5) is 11.1. The molecular formula is C14H24N4O. The van der Waals surface area contributed by atoms with Crippen LogP contribution in [0.4, 0.5) is 0 Å². The van der Waals surface area contributed by atoms with Crippen LogP contribution in [0.5, 0.6) is 0 Å². The third kappa shape index (κ3) is 5.22. The number of rotatable bonds is 7. The molecule has 5 heteroatoms. The highest BCUT2D eigenvalue weighted by atomic mass is 16.5. The Labute approximate surface area is 115 Å². The second-order valence-electron chi connectivity index (χ2n) is 5.11.